The second-order valence-electron chi connectivity index (χ2n) is 1.85. The monoisotopic (exact) mass is 344 g/mol. The maximum atomic E-state index is 4.44. The van der Waals surface area contributed by atoms with E-state index in [-0.39, 0.29) is 0 Å². The van der Waals surface area contributed by atoms with Gasteiger partial charge in [0.05, 0.1) is 0 Å². The number of hydrogen-bond acceptors (Lipinski definition) is 4. The van der Waals surface area contributed by atoms with Crippen LogP contribution in [-0.4, -0.2) is 46.5 Å². The van der Waals surface area contributed by atoms with Gasteiger partial charge >= 0.3 is 97.0 Å². The van der Waals surface area contributed by atoms with Gasteiger partial charge in [0.25, 0.3) is 0 Å². The Morgan fingerprint density at radius 2 is 1.20 bits per heavy atom. The summed E-state index contributed by atoms with van der Waals surface area (Å²) in [6, 6.07) is 0. The summed E-state index contributed by atoms with van der Waals surface area (Å²) in [5.74, 6) is 0. The van der Waals surface area contributed by atoms with Gasteiger partial charge in [0.2, 0.25) is 0 Å². The molecule has 0 N–H and O–H groups in total. The van der Waals surface area contributed by atoms with E-state index >= 15 is 0 Å². The zero-order valence-electron chi connectivity index (χ0n) is 4.91. The molecule has 0 nitrogen and oxygen atoms in total. The fourth-order valence-corrected chi connectivity index (χ4v) is 14.1. The predicted octanol–water partition coefficient (Wildman–Crippen LogP) is 0.432. The molecule has 0 aromatic rings. The Balaban J connectivity index is 2.49. The summed E-state index contributed by atoms with van der Waals surface area (Å²) >= 11 is 18.9. The molecule has 6 heteroatoms. The molecule has 0 spiro atoms. The van der Waals surface area contributed by atoms with Crippen molar-refractivity contribution in [1.29, 1.82) is 0 Å². The van der Waals surface area contributed by atoms with Gasteiger partial charge in [-0.25, -0.2) is 0 Å². The van der Waals surface area contributed by atoms with Gasteiger partial charge in [-0.2, -0.15) is 0 Å². The van der Waals surface area contributed by atoms with Crippen LogP contribution in [0, 0.1) is 0 Å². The molecule has 1 aliphatic heterocycles. The van der Waals surface area contributed by atoms with Crippen molar-refractivity contribution in [1.82, 2.24) is 0 Å². The molecular formula is C4H8S4Se2. The van der Waals surface area contributed by atoms with Crippen molar-refractivity contribution >= 4 is 80.4 Å². The zero-order valence-corrected chi connectivity index (χ0v) is 11.9. The van der Waals surface area contributed by atoms with E-state index in [0.29, 0.717) is 46.5 Å². The third kappa shape index (κ3) is 2.74. The van der Waals surface area contributed by atoms with E-state index in [9.17, 15) is 0 Å². The SMILES string of the molecule is SC1[Se]C(S)C(S)C(S)[Se]1. The molecular weight excluding hydrogens is 334 g/mol. The minimum absolute atomic E-state index is 0.384. The minimum atomic E-state index is 0.384. The van der Waals surface area contributed by atoms with E-state index in [1.807, 2.05) is 0 Å². The van der Waals surface area contributed by atoms with Gasteiger partial charge in [-0.05, 0) is 0 Å². The van der Waals surface area contributed by atoms with E-state index in [4.69, 9.17) is 0 Å². The van der Waals surface area contributed by atoms with E-state index in [1.165, 1.54) is 0 Å². The third-order valence-electron chi connectivity index (χ3n) is 1.10. The molecule has 0 bridgehead atoms. The van der Waals surface area contributed by atoms with Crippen LogP contribution in [0.4, 0.5) is 0 Å². The van der Waals surface area contributed by atoms with E-state index in [0.717, 1.165) is 0 Å². The van der Waals surface area contributed by atoms with Gasteiger partial charge in [0.15, 0.2) is 0 Å². The Kier molecular flexibility index (Phi) is 4.85. The fraction of sp³-hybridized carbons (Fsp3) is 1.00. The van der Waals surface area contributed by atoms with E-state index in [1.54, 1.807) is 0 Å². The van der Waals surface area contributed by atoms with Crippen LogP contribution >= 0.6 is 50.5 Å². The predicted molar refractivity (Wildman–Crippen MR) is 62.6 cm³/mol. The first-order chi connectivity index (χ1) is 4.61. The molecule has 1 heterocycles. The Bertz CT molecular complexity index is 110. The molecule has 1 rings (SSSR count). The van der Waals surface area contributed by atoms with Crippen LogP contribution in [0.15, 0.2) is 0 Å². The van der Waals surface area contributed by atoms with Crippen LogP contribution in [0.1, 0.15) is 0 Å². The second-order valence-corrected chi connectivity index (χ2v) is 14.0. The summed E-state index contributed by atoms with van der Waals surface area (Å²) in [5.41, 5.74) is 0. The van der Waals surface area contributed by atoms with Gasteiger partial charge in [0.1, 0.15) is 0 Å². The molecule has 2 unspecified atom stereocenters. The number of rotatable bonds is 0. The van der Waals surface area contributed by atoms with Crippen molar-refractivity contribution in [2.24, 2.45) is 0 Å². The van der Waals surface area contributed by atoms with Crippen LogP contribution in [0.5, 0.6) is 0 Å². The summed E-state index contributed by atoms with van der Waals surface area (Å²) < 4.78 is 1.47. The third-order valence-corrected chi connectivity index (χ3v) is 12.0. The Hall–Kier alpha value is 2.44. The average Bonchev–Trinajstić information content (AvgIpc) is 1.82. The summed E-state index contributed by atoms with van der Waals surface area (Å²) in [6.07, 6.45) is 0. The zero-order chi connectivity index (χ0) is 7.72. The van der Waals surface area contributed by atoms with Gasteiger partial charge < -0.3 is 0 Å². The van der Waals surface area contributed by atoms with Crippen LogP contribution in [0.3, 0.4) is 0 Å². The average molecular weight is 342 g/mol. The summed E-state index contributed by atoms with van der Waals surface area (Å²) in [5, 5.41) is 0.384. The van der Waals surface area contributed by atoms with E-state index in [2.05, 4.69) is 50.5 Å². The molecule has 0 radical (unpaired) electrons. The molecule has 2 atom stereocenters. The maximum absolute atomic E-state index is 4.44. The number of hydrogen-bond donors (Lipinski definition) is 4. The molecule has 10 heavy (non-hydrogen) atoms. The molecule has 1 fully saturated rings. The summed E-state index contributed by atoms with van der Waals surface area (Å²) in [7, 11) is 0. The van der Waals surface area contributed by atoms with Crippen molar-refractivity contribution in [2.75, 3.05) is 0 Å². The van der Waals surface area contributed by atoms with E-state index < -0.39 is 0 Å². The number of thiol groups is 4. The normalized spacial score (nSPS) is 49.2. The topological polar surface area (TPSA) is 0 Å². The van der Waals surface area contributed by atoms with Crippen molar-refractivity contribution in [2.45, 2.75) is 16.6 Å². The van der Waals surface area contributed by atoms with Gasteiger partial charge in [-0.15, -0.1) is 0 Å². The molecule has 1 aliphatic rings. The Morgan fingerprint density at radius 3 is 1.60 bits per heavy atom. The Morgan fingerprint density at radius 1 is 0.800 bits per heavy atom. The van der Waals surface area contributed by atoms with Gasteiger partial charge in [0, 0.05) is 0 Å². The molecule has 0 aromatic heterocycles. The van der Waals surface area contributed by atoms with Crippen LogP contribution in [0.25, 0.3) is 0 Å². The molecule has 60 valence electrons. The molecule has 1 saturated heterocycles. The van der Waals surface area contributed by atoms with Gasteiger partial charge in [-0.1, -0.05) is 0 Å². The van der Waals surface area contributed by atoms with Crippen LogP contribution in [0.2, 0.25) is 0 Å². The molecule has 0 aromatic carbocycles. The second kappa shape index (κ2) is 4.61. The van der Waals surface area contributed by atoms with Crippen molar-refractivity contribution in [3.8, 4) is 0 Å². The van der Waals surface area contributed by atoms with Crippen molar-refractivity contribution < 1.29 is 0 Å². The molecule has 0 amide bonds. The quantitative estimate of drug-likeness (QED) is 0.356. The first-order valence-electron chi connectivity index (χ1n) is 2.64. The molecule has 0 aliphatic carbocycles. The van der Waals surface area contributed by atoms with Crippen molar-refractivity contribution in [3.63, 3.8) is 0 Å². The first kappa shape index (κ1) is 10.5. The molecule has 0 saturated carbocycles. The van der Waals surface area contributed by atoms with Crippen molar-refractivity contribution in [3.05, 3.63) is 0 Å². The standard InChI is InChI=1S/C4H8S4Se2/c5-1-2(6)9-4(8)10-3(1)7/h1-8H. The summed E-state index contributed by atoms with van der Waals surface area (Å²) in [6.45, 7) is 0. The van der Waals surface area contributed by atoms with Crippen LogP contribution in [-0.2, 0) is 0 Å². The fourth-order valence-electron chi connectivity index (χ4n) is 0.572. The summed E-state index contributed by atoms with van der Waals surface area (Å²) in [4.78, 5) is 0. The first-order valence-corrected chi connectivity index (χ1v) is 8.66. The van der Waals surface area contributed by atoms with Gasteiger partial charge in [-0.3, -0.25) is 0 Å². The Labute approximate surface area is 96.0 Å². The van der Waals surface area contributed by atoms with Crippen LogP contribution < -0.4 is 0 Å².